The summed E-state index contributed by atoms with van der Waals surface area (Å²) >= 11 is 0. The van der Waals surface area contributed by atoms with E-state index in [-0.39, 0.29) is 17.7 Å². The van der Waals surface area contributed by atoms with Gasteiger partial charge in [-0.25, -0.2) is 8.42 Å². The largest absolute Gasteiger partial charge is 0.381 e. The first-order chi connectivity index (χ1) is 7.59. The van der Waals surface area contributed by atoms with Gasteiger partial charge in [0.05, 0.1) is 12.4 Å². The molecule has 0 aromatic carbocycles. The second-order valence-electron chi connectivity index (χ2n) is 4.67. The van der Waals surface area contributed by atoms with Gasteiger partial charge in [0.15, 0.2) is 0 Å². The SMILES string of the molecule is CC1CNCCN1S(=O)(=O)CC1CCOC1. The van der Waals surface area contributed by atoms with Gasteiger partial charge in [0, 0.05) is 32.3 Å². The van der Waals surface area contributed by atoms with Crippen molar-refractivity contribution in [2.45, 2.75) is 19.4 Å². The number of ether oxygens (including phenoxy) is 1. The van der Waals surface area contributed by atoms with Gasteiger partial charge in [-0.1, -0.05) is 0 Å². The molecule has 0 bridgehead atoms. The van der Waals surface area contributed by atoms with Crippen LogP contribution >= 0.6 is 0 Å². The fourth-order valence-electron chi connectivity index (χ4n) is 2.34. The summed E-state index contributed by atoms with van der Waals surface area (Å²) in [5, 5.41) is 3.20. The topological polar surface area (TPSA) is 58.6 Å². The molecule has 2 heterocycles. The van der Waals surface area contributed by atoms with Crippen LogP contribution < -0.4 is 5.32 Å². The lowest BCUT2D eigenvalue weighted by Gasteiger charge is -2.33. The maximum atomic E-state index is 12.2. The minimum atomic E-state index is -3.10. The van der Waals surface area contributed by atoms with Gasteiger partial charge in [0.1, 0.15) is 0 Å². The fourth-order valence-corrected chi connectivity index (χ4v) is 4.39. The molecule has 5 nitrogen and oxygen atoms in total. The van der Waals surface area contributed by atoms with Gasteiger partial charge in [-0.05, 0) is 19.3 Å². The maximum absolute atomic E-state index is 12.2. The van der Waals surface area contributed by atoms with E-state index in [9.17, 15) is 8.42 Å². The van der Waals surface area contributed by atoms with Crippen molar-refractivity contribution in [3.63, 3.8) is 0 Å². The quantitative estimate of drug-likeness (QED) is 0.741. The van der Waals surface area contributed by atoms with Gasteiger partial charge in [-0.3, -0.25) is 0 Å². The zero-order chi connectivity index (χ0) is 11.6. The summed E-state index contributed by atoms with van der Waals surface area (Å²) in [6.07, 6.45) is 0.875. The number of nitrogens with one attached hydrogen (secondary N) is 1. The van der Waals surface area contributed by atoms with Gasteiger partial charge in [-0.2, -0.15) is 4.31 Å². The van der Waals surface area contributed by atoms with Gasteiger partial charge >= 0.3 is 0 Å². The number of sulfonamides is 1. The van der Waals surface area contributed by atoms with Gasteiger partial charge in [0.2, 0.25) is 10.0 Å². The van der Waals surface area contributed by atoms with Crippen LogP contribution in [0.2, 0.25) is 0 Å². The minimum absolute atomic E-state index is 0.0704. The second-order valence-corrected chi connectivity index (χ2v) is 6.64. The number of nitrogens with zero attached hydrogens (tertiary/aromatic N) is 1. The minimum Gasteiger partial charge on any atom is -0.381 e. The lowest BCUT2D eigenvalue weighted by Crippen LogP contribution is -2.53. The molecule has 0 aliphatic carbocycles. The average Bonchev–Trinajstić information content (AvgIpc) is 2.70. The van der Waals surface area contributed by atoms with E-state index in [1.54, 1.807) is 4.31 Å². The van der Waals surface area contributed by atoms with Crippen LogP contribution in [0, 0.1) is 5.92 Å². The van der Waals surface area contributed by atoms with Crippen LogP contribution in [0.4, 0.5) is 0 Å². The van der Waals surface area contributed by atoms with E-state index < -0.39 is 10.0 Å². The fraction of sp³-hybridized carbons (Fsp3) is 1.00. The third-order valence-corrected chi connectivity index (χ3v) is 5.42. The number of hydrogen-bond donors (Lipinski definition) is 1. The van der Waals surface area contributed by atoms with E-state index in [4.69, 9.17) is 4.74 Å². The summed E-state index contributed by atoms with van der Waals surface area (Å²) in [5.41, 5.74) is 0. The molecule has 0 aromatic heterocycles. The van der Waals surface area contributed by atoms with Gasteiger partial charge in [-0.15, -0.1) is 0 Å². The van der Waals surface area contributed by atoms with Gasteiger partial charge in [0.25, 0.3) is 0 Å². The summed E-state index contributed by atoms with van der Waals surface area (Å²) in [6.45, 7) is 5.36. The molecule has 2 saturated heterocycles. The first-order valence-electron chi connectivity index (χ1n) is 5.87. The number of rotatable bonds is 3. The molecule has 0 spiro atoms. The lowest BCUT2D eigenvalue weighted by molar-refractivity contribution is 0.188. The second kappa shape index (κ2) is 5.00. The molecule has 2 rings (SSSR count). The van der Waals surface area contributed by atoms with Crippen LogP contribution in [0.1, 0.15) is 13.3 Å². The van der Waals surface area contributed by atoms with E-state index in [1.807, 2.05) is 6.92 Å². The smallest absolute Gasteiger partial charge is 0.214 e. The standard InChI is InChI=1S/C10H20N2O3S/c1-9-6-11-3-4-12(9)16(13,14)8-10-2-5-15-7-10/h9-11H,2-8H2,1H3. The zero-order valence-corrected chi connectivity index (χ0v) is 10.5. The van der Waals surface area contributed by atoms with E-state index in [1.165, 1.54) is 0 Å². The Bertz CT molecular complexity index is 325. The Labute approximate surface area is 97.2 Å². The monoisotopic (exact) mass is 248 g/mol. The molecule has 0 saturated carbocycles. The molecule has 0 radical (unpaired) electrons. The third kappa shape index (κ3) is 2.74. The van der Waals surface area contributed by atoms with E-state index in [0.29, 0.717) is 19.8 Å². The highest BCUT2D eigenvalue weighted by atomic mass is 32.2. The van der Waals surface area contributed by atoms with Crippen molar-refractivity contribution in [3.05, 3.63) is 0 Å². The molecule has 2 unspecified atom stereocenters. The molecular formula is C10H20N2O3S. The van der Waals surface area contributed by atoms with Crippen molar-refractivity contribution in [2.24, 2.45) is 5.92 Å². The van der Waals surface area contributed by atoms with Crippen molar-refractivity contribution in [2.75, 3.05) is 38.6 Å². The molecule has 2 aliphatic rings. The summed E-state index contributed by atoms with van der Waals surface area (Å²) < 4.78 is 31.3. The van der Waals surface area contributed by atoms with Crippen LogP contribution in [-0.2, 0) is 14.8 Å². The third-order valence-electron chi connectivity index (χ3n) is 3.27. The average molecular weight is 248 g/mol. The van der Waals surface area contributed by atoms with Crippen molar-refractivity contribution in [1.82, 2.24) is 9.62 Å². The maximum Gasteiger partial charge on any atom is 0.214 e. The van der Waals surface area contributed by atoms with Crippen LogP contribution in [-0.4, -0.2) is 57.4 Å². The lowest BCUT2D eigenvalue weighted by atomic mass is 10.2. The molecular weight excluding hydrogens is 228 g/mol. The molecule has 0 amide bonds. The molecule has 16 heavy (non-hydrogen) atoms. The molecule has 6 heteroatoms. The normalized spacial score (nSPS) is 33.1. The zero-order valence-electron chi connectivity index (χ0n) is 9.68. The summed E-state index contributed by atoms with van der Waals surface area (Å²) in [6, 6.07) is 0.0704. The predicted molar refractivity (Wildman–Crippen MR) is 61.8 cm³/mol. The first-order valence-corrected chi connectivity index (χ1v) is 7.48. The molecule has 2 fully saturated rings. The van der Waals surface area contributed by atoms with Crippen molar-refractivity contribution >= 4 is 10.0 Å². The van der Waals surface area contributed by atoms with Gasteiger partial charge < -0.3 is 10.1 Å². The number of hydrogen-bond acceptors (Lipinski definition) is 4. The molecule has 2 atom stereocenters. The van der Waals surface area contributed by atoms with E-state index in [2.05, 4.69) is 5.32 Å². The molecule has 0 aromatic rings. The van der Waals surface area contributed by atoms with Crippen molar-refractivity contribution in [3.8, 4) is 0 Å². The summed E-state index contributed by atoms with van der Waals surface area (Å²) in [4.78, 5) is 0. The van der Waals surface area contributed by atoms with E-state index in [0.717, 1.165) is 19.5 Å². The van der Waals surface area contributed by atoms with Crippen LogP contribution in [0.3, 0.4) is 0 Å². The highest BCUT2D eigenvalue weighted by Crippen LogP contribution is 2.18. The Morgan fingerprint density at radius 1 is 1.50 bits per heavy atom. The highest BCUT2D eigenvalue weighted by molar-refractivity contribution is 7.89. The summed E-state index contributed by atoms with van der Waals surface area (Å²) in [5.74, 6) is 0.434. The van der Waals surface area contributed by atoms with Crippen molar-refractivity contribution < 1.29 is 13.2 Å². The Morgan fingerprint density at radius 3 is 2.94 bits per heavy atom. The van der Waals surface area contributed by atoms with Crippen LogP contribution in [0.5, 0.6) is 0 Å². The summed E-state index contributed by atoms with van der Waals surface area (Å²) in [7, 11) is -3.10. The van der Waals surface area contributed by atoms with Crippen LogP contribution in [0.15, 0.2) is 0 Å². The molecule has 1 N–H and O–H groups in total. The Balaban J connectivity index is 1.99. The van der Waals surface area contributed by atoms with E-state index >= 15 is 0 Å². The predicted octanol–water partition coefficient (Wildman–Crippen LogP) is -0.354. The molecule has 94 valence electrons. The van der Waals surface area contributed by atoms with Crippen molar-refractivity contribution in [1.29, 1.82) is 0 Å². The number of piperazine rings is 1. The highest BCUT2D eigenvalue weighted by Gasteiger charge is 2.32. The Kier molecular flexibility index (Phi) is 3.84. The Morgan fingerprint density at radius 2 is 2.31 bits per heavy atom. The Hall–Kier alpha value is -0.170. The first kappa shape index (κ1) is 12.3. The molecule has 2 aliphatic heterocycles. The van der Waals surface area contributed by atoms with Crippen LogP contribution in [0.25, 0.3) is 0 Å².